The summed E-state index contributed by atoms with van der Waals surface area (Å²) in [4.78, 5) is 28.1. The van der Waals surface area contributed by atoms with Crippen LogP contribution in [0, 0.1) is 17.2 Å². The summed E-state index contributed by atoms with van der Waals surface area (Å²) in [6.45, 7) is 7.20. The molecule has 168 valence electrons. The molecule has 3 aliphatic heterocycles. The first-order chi connectivity index (χ1) is 15.0. The van der Waals surface area contributed by atoms with Gasteiger partial charge in [-0.15, -0.1) is 0 Å². The van der Waals surface area contributed by atoms with Gasteiger partial charge in [0.25, 0.3) is 0 Å². The van der Waals surface area contributed by atoms with Crippen molar-refractivity contribution in [2.24, 2.45) is 11.3 Å². The number of hydrogen-bond acceptors (Lipinski definition) is 5. The van der Waals surface area contributed by atoms with Gasteiger partial charge in [0, 0.05) is 52.2 Å². The number of benzene rings is 1. The normalized spacial score (nSPS) is 27.3. The number of nitrogens with one attached hydrogen (secondary N) is 2. The lowest BCUT2D eigenvalue weighted by atomic mass is 9.67. The van der Waals surface area contributed by atoms with Gasteiger partial charge in [-0.05, 0) is 61.1 Å². The van der Waals surface area contributed by atoms with Crippen LogP contribution >= 0.6 is 0 Å². The fourth-order valence-corrected chi connectivity index (χ4v) is 5.85. The Bertz CT molecular complexity index is 838. The van der Waals surface area contributed by atoms with E-state index < -0.39 is 5.92 Å². The van der Waals surface area contributed by atoms with E-state index >= 15 is 0 Å². The quantitative estimate of drug-likeness (QED) is 0.721. The third kappa shape index (κ3) is 4.35. The third-order valence-electron chi connectivity index (χ3n) is 8.01. The van der Waals surface area contributed by atoms with Gasteiger partial charge in [0.05, 0.1) is 11.6 Å². The second-order valence-corrected chi connectivity index (χ2v) is 10.0. The van der Waals surface area contributed by atoms with Crippen molar-refractivity contribution in [2.75, 3.05) is 50.7 Å². The van der Waals surface area contributed by atoms with Crippen LogP contribution in [-0.4, -0.2) is 62.5 Å². The number of amides is 2. The molecule has 2 N–H and O–H groups in total. The van der Waals surface area contributed by atoms with Crippen LogP contribution in [0.2, 0.25) is 0 Å². The number of carbonyl (C=O) groups excluding carboxylic acids is 2. The number of nitrogens with zero attached hydrogens (tertiary/aromatic N) is 2. The third-order valence-corrected chi connectivity index (χ3v) is 8.01. The van der Waals surface area contributed by atoms with Crippen LogP contribution in [0.4, 0.5) is 10.1 Å². The Kier molecular flexibility index (Phi) is 5.73. The summed E-state index contributed by atoms with van der Waals surface area (Å²) < 4.78 is 14.9. The first-order valence-electron chi connectivity index (χ1n) is 11.8. The maximum Gasteiger partial charge on any atom is 0.234 e. The molecule has 2 amide bonds. The highest BCUT2D eigenvalue weighted by Crippen LogP contribution is 2.42. The van der Waals surface area contributed by atoms with E-state index in [1.54, 1.807) is 6.07 Å². The lowest BCUT2D eigenvalue weighted by Gasteiger charge is -2.48. The van der Waals surface area contributed by atoms with Crippen LogP contribution in [0.5, 0.6) is 0 Å². The summed E-state index contributed by atoms with van der Waals surface area (Å²) in [5, 5.41) is 5.79. The van der Waals surface area contributed by atoms with Crippen molar-refractivity contribution in [3.8, 4) is 0 Å². The van der Waals surface area contributed by atoms with E-state index in [0.29, 0.717) is 29.5 Å². The van der Waals surface area contributed by atoms with Gasteiger partial charge in [-0.3, -0.25) is 19.8 Å². The van der Waals surface area contributed by atoms with Gasteiger partial charge >= 0.3 is 0 Å². The highest BCUT2D eigenvalue weighted by Gasteiger charge is 2.40. The Morgan fingerprint density at radius 1 is 1.03 bits per heavy atom. The minimum Gasteiger partial charge on any atom is -0.367 e. The maximum atomic E-state index is 14.9. The second-order valence-electron chi connectivity index (χ2n) is 10.0. The van der Waals surface area contributed by atoms with Gasteiger partial charge in [0.2, 0.25) is 11.8 Å². The predicted octanol–water partition coefficient (Wildman–Crippen LogP) is 2.25. The van der Waals surface area contributed by atoms with E-state index in [-0.39, 0.29) is 17.6 Å². The minimum atomic E-state index is -0.441. The smallest absolute Gasteiger partial charge is 0.234 e. The lowest BCUT2D eigenvalue weighted by Crippen LogP contribution is -2.55. The van der Waals surface area contributed by atoms with Crippen LogP contribution in [0.3, 0.4) is 0 Å². The van der Waals surface area contributed by atoms with E-state index in [1.165, 1.54) is 51.4 Å². The topological polar surface area (TPSA) is 64.7 Å². The predicted molar refractivity (Wildman–Crippen MR) is 117 cm³/mol. The van der Waals surface area contributed by atoms with E-state index in [1.807, 2.05) is 6.07 Å². The summed E-state index contributed by atoms with van der Waals surface area (Å²) >= 11 is 0. The Morgan fingerprint density at radius 2 is 1.77 bits per heavy atom. The molecule has 0 aromatic heterocycles. The molecule has 7 heteroatoms. The molecule has 3 heterocycles. The Labute approximate surface area is 183 Å². The highest BCUT2D eigenvalue weighted by molar-refractivity contribution is 6.00. The monoisotopic (exact) mass is 428 g/mol. The average Bonchev–Trinajstić information content (AvgIpc) is 2.74. The molecule has 1 aromatic carbocycles. The molecule has 4 fully saturated rings. The summed E-state index contributed by atoms with van der Waals surface area (Å²) in [7, 11) is 0. The van der Waals surface area contributed by atoms with Crippen LogP contribution in [-0.2, 0) is 9.59 Å². The van der Waals surface area contributed by atoms with Gasteiger partial charge in [-0.2, -0.15) is 0 Å². The molecule has 0 bridgehead atoms. The van der Waals surface area contributed by atoms with Crippen molar-refractivity contribution in [3.05, 3.63) is 29.6 Å². The number of halogens is 1. The molecule has 3 saturated heterocycles. The molecule has 1 unspecified atom stereocenters. The molecule has 6 nitrogen and oxygen atoms in total. The minimum absolute atomic E-state index is 0.246. The standard InChI is InChI=1S/C24H33FN4O2/c25-20-13-18(19-2-4-22(30)27-23(19)31)1-3-21(20)29-11-9-28(10-12-29)14-17-5-7-24(8-6-17)15-26-16-24/h1,3,13,17,19,26H,2,4-12,14-16H2,(H,27,30,31). The van der Waals surface area contributed by atoms with Crippen LogP contribution < -0.4 is 15.5 Å². The van der Waals surface area contributed by atoms with Crippen LogP contribution in [0.15, 0.2) is 18.2 Å². The molecule has 5 rings (SSSR count). The van der Waals surface area contributed by atoms with Gasteiger partial charge in [0.15, 0.2) is 0 Å². The zero-order chi connectivity index (χ0) is 21.4. The number of piperazine rings is 1. The number of imide groups is 1. The fraction of sp³-hybridized carbons (Fsp3) is 0.667. The van der Waals surface area contributed by atoms with Crippen molar-refractivity contribution in [2.45, 2.75) is 44.4 Å². The van der Waals surface area contributed by atoms with Crippen molar-refractivity contribution in [1.29, 1.82) is 0 Å². The van der Waals surface area contributed by atoms with E-state index in [9.17, 15) is 14.0 Å². The second kappa shape index (κ2) is 8.51. The van der Waals surface area contributed by atoms with E-state index in [2.05, 4.69) is 20.4 Å². The zero-order valence-corrected chi connectivity index (χ0v) is 18.2. The summed E-state index contributed by atoms with van der Waals surface area (Å²) in [6.07, 6.45) is 6.18. The molecule has 0 radical (unpaired) electrons. The number of piperidine rings is 1. The van der Waals surface area contributed by atoms with Crippen molar-refractivity contribution in [3.63, 3.8) is 0 Å². The largest absolute Gasteiger partial charge is 0.367 e. The van der Waals surface area contributed by atoms with Crippen LogP contribution in [0.25, 0.3) is 0 Å². The Morgan fingerprint density at radius 3 is 2.39 bits per heavy atom. The van der Waals surface area contributed by atoms with E-state index in [4.69, 9.17) is 0 Å². The molecule has 1 saturated carbocycles. The van der Waals surface area contributed by atoms with E-state index in [0.717, 1.165) is 32.1 Å². The first-order valence-corrected chi connectivity index (χ1v) is 11.8. The number of anilines is 1. The zero-order valence-electron chi connectivity index (χ0n) is 18.2. The molecule has 1 spiro atoms. The molecule has 31 heavy (non-hydrogen) atoms. The summed E-state index contributed by atoms with van der Waals surface area (Å²) in [5.74, 6) is -0.476. The van der Waals surface area contributed by atoms with Gasteiger partial charge in [-0.1, -0.05) is 6.07 Å². The molecule has 1 aliphatic carbocycles. The number of carbonyl (C=O) groups is 2. The van der Waals surface area contributed by atoms with Crippen LogP contribution in [0.1, 0.15) is 50.0 Å². The van der Waals surface area contributed by atoms with Gasteiger partial charge in [0.1, 0.15) is 5.82 Å². The molecular weight excluding hydrogens is 395 g/mol. The lowest BCUT2D eigenvalue weighted by molar-refractivity contribution is -0.134. The Balaban J connectivity index is 1.13. The van der Waals surface area contributed by atoms with Crippen molar-refractivity contribution < 1.29 is 14.0 Å². The molecule has 1 atom stereocenters. The first kappa shape index (κ1) is 20.9. The van der Waals surface area contributed by atoms with Gasteiger partial charge < -0.3 is 10.2 Å². The summed E-state index contributed by atoms with van der Waals surface area (Å²) in [5.41, 5.74) is 1.89. The number of hydrogen-bond donors (Lipinski definition) is 2. The van der Waals surface area contributed by atoms with Crippen molar-refractivity contribution in [1.82, 2.24) is 15.5 Å². The molecule has 4 aliphatic rings. The van der Waals surface area contributed by atoms with Crippen molar-refractivity contribution >= 4 is 17.5 Å². The maximum absolute atomic E-state index is 14.9. The van der Waals surface area contributed by atoms with Gasteiger partial charge in [-0.25, -0.2) is 4.39 Å². The SMILES string of the molecule is O=C1CCC(c2ccc(N3CCN(CC4CCC5(CC4)CNC5)CC3)c(F)c2)C(=O)N1. The Hall–Kier alpha value is -1.99. The average molecular weight is 429 g/mol. The molecule has 1 aromatic rings. The highest BCUT2D eigenvalue weighted by atomic mass is 19.1. The number of rotatable bonds is 4. The molecular formula is C24H33FN4O2. The fourth-order valence-electron chi connectivity index (χ4n) is 5.85. The summed E-state index contributed by atoms with van der Waals surface area (Å²) in [6, 6.07) is 5.13.